The summed E-state index contributed by atoms with van der Waals surface area (Å²) in [5, 5.41) is 1.18. The van der Waals surface area contributed by atoms with Crippen molar-refractivity contribution in [2.24, 2.45) is 0 Å². The number of hydrogen-bond acceptors (Lipinski definition) is 5. The lowest BCUT2D eigenvalue weighted by atomic mass is 10.1. The van der Waals surface area contributed by atoms with E-state index in [-0.39, 0.29) is 17.7 Å². The molecule has 1 aliphatic heterocycles. The van der Waals surface area contributed by atoms with E-state index in [9.17, 15) is 9.59 Å². The third kappa shape index (κ3) is 6.33. The van der Waals surface area contributed by atoms with Crippen LogP contribution in [-0.4, -0.2) is 22.7 Å². The molecule has 0 aliphatic carbocycles. The third-order valence-corrected chi connectivity index (χ3v) is 6.84. The third-order valence-electron chi connectivity index (χ3n) is 5.09. The Morgan fingerprint density at radius 3 is 2.34 bits per heavy atom. The smallest absolute Gasteiger partial charge is 0.293 e. The molecule has 0 atom stereocenters. The molecule has 2 amide bonds. The first kappa shape index (κ1) is 25.5. The second kappa shape index (κ2) is 11.4. The number of hydrogen-bond donors (Lipinski definition) is 0. The minimum atomic E-state index is -0.382. The van der Waals surface area contributed by atoms with E-state index in [2.05, 4.69) is 0 Å². The molecule has 0 radical (unpaired) electrons. The van der Waals surface area contributed by atoms with Crippen LogP contribution in [0.25, 0.3) is 6.08 Å². The molecule has 1 fully saturated rings. The van der Waals surface area contributed by atoms with Gasteiger partial charge in [0.25, 0.3) is 11.1 Å². The molecule has 1 heterocycles. The van der Waals surface area contributed by atoms with E-state index in [1.807, 2.05) is 25.1 Å². The van der Waals surface area contributed by atoms with Gasteiger partial charge in [0.2, 0.25) is 0 Å². The van der Waals surface area contributed by atoms with Crippen LogP contribution >= 0.6 is 46.6 Å². The number of thioether (sulfide) groups is 1. The zero-order valence-electron chi connectivity index (χ0n) is 18.6. The van der Waals surface area contributed by atoms with Crippen LogP contribution in [-0.2, 0) is 17.9 Å². The Bertz CT molecular complexity index is 1290. The maximum atomic E-state index is 12.9. The van der Waals surface area contributed by atoms with Crippen molar-refractivity contribution < 1.29 is 19.1 Å². The number of imide groups is 1. The highest BCUT2D eigenvalue weighted by atomic mass is 35.5. The monoisotopic (exact) mass is 547 g/mol. The van der Waals surface area contributed by atoms with Gasteiger partial charge in [-0.2, -0.15) is 0 Å². The van der Waals surface area contributed by atoms with Gasteiger partial charge in [-0.1, -0.05) is 59.1 Å². The molecular formula is C26H20Cl3NO4S. The minimum Gasteiger partial charge on any atom is -0.490 e. The van der Waals surface area contributed by atoms with Crippen LogP contribution in [0.4, 0.5) is 4.79 Å². The standard InChI is InChI=1S/C26H20Cl3NO4S/c1-2-33-23-11-17(5-10-22(23)34-15-16-3-7-19(27)8-4-16)12-24-25(31)30(26(32)35-24)14-18-6-9-20(28)13-21(18)29/h3-13H,2,14-15H2,1H3/b24-12-. The van der Waals surface area contributed by atoms with Crippen molar-refractivity contribution in [1.82, 2.24) is 4.90 Å². The van der Waals surface area contributed by atoms with Gasteiger partial charge < -0.3 is 9.47 Å². The molecular weight excluding hydrogens is 529 g/mol. The molecule has 4 rings (SSSR count). The van der Waals surface area contributed by atoms with E-state index >= 15 is 0 Å². The van der Waals surface area contributed by atoms with Crippen LogP contribution in [0.5, 0.6) is 11.5 Å². The first-order valence-electron chi connectivity index (χ1n) is 10.7. The quantitative estimate of drug-likeness (QED) is 0.268. The molecule has 0 N–H and O–H groups in total. The lowest BCUT2D eigenvalue weighted by molar-refractivity contribution is -0.123. The van der Waals surface area contributed by atoms with Gasteiger partial charge in [-0.15, -0.1) is 0 Å². The van der Waals surface area contributed by atoms with Crippen molar-refractivity contribution in [3.63, 3.8) is 0 Å². The lowest BCUT2D eigenvalue weighted by Gasteiger charge is -2.14. The summed E-state index contributed by atoms with van der Waals surface area (Å²) in [6.45, 7) is 2.74. The number of halogens is 3. The highest BCUT2D eigenvalue weighted by molar-refractivity contribution is 8.18. The maximum absolute atomic E-state index is 12.9. The Labute approximate surface area is 222 Å². The molecule has 9 heteroatoms. The molecule has 0 spiro atoms. The van der Waals surface area contributed by atoms with Crippen LogP contribution in [0, 0.1) is 0 Å². The summed E-state index contributed by atoms with van der Waals surface area (Å²) in [7, 11) is 0. The molecule has 0 bridgehead atoms. The molecule has 0 unspecified atom stereocenters. The number of ether oxygens (including phenoxy) is 2. The van der Waals surface area contributed by atoms with Crippen molar-refractivity contribution in [1.29, 1.82) is 0 Å². The number of carbonyl (C=O) groups is 2. The summed E-state index contributed by atoms with van der Waals surface area (Å²) in [6.07, 6.45) is 1.67. The van der Waals surface area contributed by atoms with Crippen molar-refractivity contribution in [3.05, 3.63) is 97.3 Å². The number of benzene rings is 3. The Hall–Kier alpha value is -2.64. The molecule has 1 aliphatic rings. The molecule has 1 saturated heterocycles. The average molecular weight is 549 g/mol. The summed E-state index contributed by atoms with van der Waals surface area (Å²) in [4.78, 5) is 27.0. The van der Waals surface area contributed by atoms with E-state index in [1.165, 1.54) is 4.90 Å². The Morgan fingerprint density at radius 2 is 1.63 bits per heavy atom. The fourth-order valence-corrected chi connectivity index (χ4v) is 4.78. The predicted octanol–water partition coefficient (Wildman–Crippen LogP) is 7.86. The number of amides is 2. The predicted molar refractivity (Wildman–Crippen MR) is 141 cm³/mol. The van der Waals surface area contributed by atoms with Gasteiger partial charge in [-0.3, -0.25) is 14.5 Å². The Kier molecular flexibility index (Phi) is 8.29. The highest BCUT2D eigenvalue weighted by Crippen LogP contribution is 2.36. The summed E-state index contributed by atoms with van der Waals surface area (Å²) < 4.78 is 11.7. The van der Waals surface area contributed by atoms with Gasteiger partial charge in [0.05, 0.1) is 18.1 Å². The maximum Gasteiger partial charge on any atom is 0.293 e. The fraction of sp³-hybridized carbons (Fsp3) is 0.154. The highest BCUT2D eigenvalue weighted by Gasteiger charge is 2.35. The minimum absolute atomic E-state index is 0.0691. The van der Waals surface area contributed by atoms with Gasteiger partial charge in [0.1, 0.15) is 6.61 Å². The van der Waals surface area contributed by atoms with Gasteiger partial charge in [-0.25, -0.2) is 0 Å². The van der Waals surface area contributed by atoms with E-state index in [0.717, 1.165) is 17.3 Å². The first-order valence-corrected chi connectivity index (χ1v) is 12.6. The molecule has 3 aromatic rings. The van der Waals surface area contributed by atoms with Crippen molar-refractivity contribution in [2.45, 2.75) is 20.1 Å². The van der Waals surface area contributed by atoms with E-state index in [1.54, 1.807) is 48.5 Å². The fourth-order valence-electron chi connectivity index (χ4n) is 3.35. The largest absolute Gasteiger partial charge is 0.490 e. The molecule has 5 nitrogen and oxygen atoms in total. The van der Waals surface area contributed by atoms with Crippen LogP contribution in [0.15, 0.2) is 65.6 Å². The first-order chi connectivity index (χ1) is 16.8. The van der Waals surface area contributed by atoms with Crippen molar-refractivity contribution in [3.8, 4) is 11.5 Å². The average Bonchev–Trinajstić information content (AvgIpc) is 3.08. The topological polar surface area (TPSA) is 55.8 Å². The summed E-state index contributed by atoms with van der Waals surface area (Å²) in [5.74, 6) is 0.735. The van der Waals surface area contributed by atoms with E-state index < -0.39 is 0 Å². The summed E-state index contributed by atoms with van der Waals surface area (Å²) in [6, 6.07) is 17.7. The van der Waals surface area contributed by atoms with E-state index in [0.29, 0.717) is 55.8 Å². The molecule has 180 valence electrons. The Balaban J connectivity index is 1.50. The van der Waals surface area contributed by atoms with Gasteiger partial charge in [-0.05, 0) is 77.9 Å². The summed E-state index contributed by atoms with van der Waals surface area (Å²) in [5.41, 5.74) is 2.32. The normalized spacial score (nSPS) is 14.6. The van der Waals surface area contributed by atoms with Crippen LogP contribution in [0.3, 0.4) is 0 Å². The number of nitrogens with zero attached hydrogens (tertiary/aromatic N) is 1. The second-order valence-electron chi connectivity index (χ2n) is 7.56. The Morgan fingerprint density at radius 1 is 0.886 bits per heavy atom. The lowest BCUT2D eigenvalue weighted by Crippen LogP contribution is -2.27. The molecule has 3 aromatic carbocycles. The van der Waals surface area contributed by atoms with Crippen molar-refractivity contribution in [2.75, 3.05) is 6.61 Å². The zero-order valence-corrected chi connectivity index (χ0v) is 21.7. The zero-order chi connectivity index (χ0) is 24.9. The second-order valence-corrected chi connectivity index (χ2v) is 9.83. The SMILES string of the molecule is CCOc1cc(/C=C2\SC(=O)N(Cc3ccc(Cl)cc3Cl)C2=O)ccc1OCc1ccc(Cl)cc1. The van der Waals surface area contributed by atoms with Crippen LogP contribution in [0.1, 0.15) is 23.6 Å². The molecule has 0 aromatic heterocycles. The van der Waals surface area contributed by atoms with Gasteiger partial charge in [0, 0.05) is 15.1 Å². The van der Waals surface area contributed by atoms with Gasteiger partial charge in [0.15, 0.2) is 11.5 Å². The van der Waals surface area contributed by atoms with Crippen LogP contribution < -0.4 is 9.47 Å². The van der Waals surface area contributed by atoms with Gasteiger partial charge >= 0.3 is 0 Å². The van der Waals surface area contributed by atoms with Crippen LogP contribution in [0.2, 0.25) is 15.1 Å². The molecule has 35 heavy (non-hydrogen) atoms. The number of rotatable bonds is 8. The molecule has 0 saturated carbocycles. The van der Waals surface area contributed by atoms with Crippen molar-refractivity contribution >= 4 is 63.8 Å². The van der Waals surface area contributed by atoms with E-state index in [4.69, 9.17) is 44.3 Å². The number of carbonyl (C=O) groups excluding carboxylic acids is 2. The summed E-state index contributed by atoms with van der Waals surface area (Å²) >= 11 is 19.0.